The number of fused-ring (bicyclic) bond motifs is 3. The molecule has 2 heterocycles. The van der Waals surface area contributed by atoms with Crippen molar-refractivity contribution in [2.45, 2.75) is 31.3 Å². The summed E-state index contributed by atoms with van der Waals surface area (Å²) >= 11 is 2.94. The summed E-state index contributed by atoms with van der Waals surface area (Å²) in [6.45, 7) is 2.26. The lowest BCUT2D eigenvalue weighted by Crippen LogP contribution is -2.23. The quantitative estimate of drug-likeness (QED) is 0.207. The number of thiophene rings is 1. The molecule has 1 aliphatic carbocycles. The Labute approximate surface area is 200 Å². The fourth-order valence-corrected chi connectivity index (χ4v) is 6.60. The van der Waals surface area contributed by atoms with E-state index in [0.717, 1.165) is 40.8 Å². The summed E-state index contributed by atoms with van der Waals surface area (Å²) < 4.78 is 6.93. The molecule has 2 aromatic heterocycles. The van der Waals surface area contributed by atoms with Crippen LogP contribution in [0.1, 0.15) is 34.1 Å². The Bertz CT molecular complexity index is 1370. The number of hydrogen-bond acceptors (Lipinski definition) is 6. The predicted octanol–water partition coefficient (Wildman–Crippen LogP) is 5.56. The molecule has 2 aromatic carbocycles. The monoisotopic (exact) mass is 476 g/mol. The van der Waals surface area contributed by atoms with Crippen molar-refractivity contribution in [2.24, 2.45) is 5.92 Å². The highest BCUT2D eigenvalue weighted by Gasteiger charge is 2.25. The van der Waals surface area contributed by atoms with Crippen LogP contribution in [0.2, 0.25) is 0 Å². The van der Waals surface area contributed by atoms with Gasteiger partial charge in [0.15, 0.2) is 10.9 Å². The van der Waals surface area contributed by atoms with Crippen LogP contribution in [0.15, 0.2) is 64.5 Å². The van der Waals surface area contributed by atoms with Gasteiger partial charge in [0.1, 0.15) is 10.6 Å². The number of thioether (sulfide) groups is 1. The molecular weight excluding hydrogens is 452 g/mol. The van der Waals surface area contributed by atoms with Crippen molar-refractivity contribution < 1.29 is 9.53 Å². The third kappa shape index (κ3) is 4.23. The Morgan fingerprint density at radius 2 is 1.94 bits per heavy atom. The molecule has 0 saturated carbocycles. The minimum Gasteiger partial charge on any atom is -0.497 e. The van der Waals surface area contributed by atoms with E-state index in [4.69, 9.17) is 9.72 Å². The van der Waals surface area contributed by atoms with Crippen LogP contribution in [0, 0.1) is 5.92 Å². The van der Waals surface area contributed by atoms with Gasteiger partial charge in [-0.2, -0.15) is 0 Å². The van der Waals surface area contributed by atoms with Gasteiger partial charge in [-0.25, -0.2) is 4.98 Å². The largest absolute Gasteiger partial charge is 0.497 e. The van der Waals surface area contributed by atoms with Crippen molar-refractivity contribution >= 4 is 39.1 Å². The molecule has 0 amide bonds. The molecule has 5 rings (SSSR count). The van der Waals surface area contributed by atoms with E-state index in [-0.39, 0.29) is 17.1 Å². The molecule has 0 fully saturated rings. The number of rotatable bonds is 6. The van der Waals surface area contributed by atoms with Gasteiger partial charge in [0, 0.05) is 10.4 Å². The maximum absolute atomic E-state index is 13.8. The number of Topliss-reactive ketones (excluding diaryl/α,β-unsaturated/α-hetero) is 1. The Hall–Kier alpha value is -2.90. The molecular formula is C26H24N2O3S2. The summed E-state index contributed by atoms with van der Waals surface area (Å²) in [6, 6.07) is 16.6. The zero-order chi connectivity index (χ0) is 22.9. The molecule has 4 aromatic rings. The smallest absolute Gasteiger partial charge is 0.267 e. The second-order valence-corrected chi connectivity index (χ2v) is 10.4. The summed E-state index contributed by atoms with van der Waals surface area (Å²) in [5.41, 5.74) is 2.47. The first-order valence-electron chi connectivity index (χ1n) is 11.0. The molecule has 168 valence electrons. The maximum atomic E-state index is 13.8. The van der Waals surface area contributed by atoms with Crippen molar-refractivity contribution in [3.63, 3.8) is 0 Å². The van der Waals surface area contributed by atoms with Gasteiger partial charge in [0.25, 0.3) is 5.56 Å². The summed E-state index contributed by atoms with van der Waals surface area (Å²) in [5, 5.41) is 1.27. The van der Waals surface area contributed by atoms with Gasteiger partial charge in [-0.15, -0.1) is 11.3 Å². The number of aromatic nitrogens is 2. The molecule has 0 aliphatic heterocycles. The third-order valence-electron chi connectivity index (χ3n) is 6.06. The summed E-state index contributed by atoms with van der Waals surface area (Å²) in [4.78, 5) is 33.5. The van der Waals surface area contributed by atoms with Gasteiger partial charge in [-0.3, -0.25) is 14.2 Å². The highest BCUT2D eigenvalue weighted by Crippen LogP contribution is 2.37. The lowest BCUT2D eigenvalue weighted by molar-refractivity contribution is 0.102. The van der Waals surface area contributed by atoms with Crippen molar-refractivity contribution in [1.29, 1.82) is 0 Å². The van der Waals surface area contributed by atoms with E-state index in [2.05, 4.69) is 6.92 Å². The van der Waals surface area contributed by atoms with E-state index in [0.29, 0.717) is 22.3 Å². The second kappa shape index (κ2) is 9.15. The number of nitrogens with zero attached hydrogens (tertiary/aromatic N) is 2. The summed E-state index contributed by atoms with van der Waals surface area (Å²) in [5.74, 6) is 1.55. The first-order valence-corrected chi connectivity index (χ1v) is 12.8. The molecule has 1 atom stereocenters. The van der Waals surface area contributed by atoms with E-state index >= 15 is 0 Å². The summed E-state index contributed by atoms with van der Waals surface area (Å²) in [6.07, 6.45) is 2.99. The van der Waals surface area contributed by atoms with Gasteiger partial charge in [-0.1, -0.05) is 49.0 Å². The molecule has 0 spiro atoms. The second-order valence-electron chi connectivity index (χ2n) is 8.34. The zero-order valence-electron chi connectivity index (χ0n) is 18.5. The van der Waals surface area contributed by atoms with Crippen LogP contribution in [0.4, 0.5) is 0 Å². The molecule has 5 nitrogen and oxygen atoms in total. The standard InChI is InChI=1S/C26H24N2O3S2/c1-16-8-13-20-22(14-16)33-24-23(20)25(30)28(18-9-11-19(31-2)12-10-18)26(27-24)32-15-21(29)17-6-4-3-5-7-17/h3-7,9-12,16H,8,13-15H2,1-2H3. The number of carbonyl (C=O) groups is 1. The number of hydrogen-bond donors (Lipinski definition) is 0. The number of carbonyl (C=O) groups excluding carboxylic acids is 1. The average Bonchev–Trinajstić information content (AvgIpc) is 3.20. The van der Waals surface area contributed by atoms with E-state index in [1.165, 1.54) is 16.6 Å². The minimum atomic E-state index is -0.0631. The molecule has 0 N–H and O–H groups in total. The van der Waals surface area contributed by atoms with Crippen molar-refractivity contribution in [1.82, 2.24) is 9.55 Å². The van der Waals surface area contributed by atoms with Crippen LogP contribution in [0.5, 0.6) is 5.75 Å². The van der Waals surface area contributed by atoms with E-state index < -0.39 is 0 Å². The van der Waals surface area contributed by atoms with Crippen LogP contribution >= 0.6 is 23.1 Å². The van der Waals surface area contributed by atoms with Gasteiger partial charge in [0.2, 0.25) is 0 Å². The zero-order valence-corrected chi connectivity index (χ0v) is 20.2. The van der Waals surface area contributed by atoms with Crippen LogP contribution < -0.4 is 10.3 Å². The topological polar surface area (TPSA) is 61.2 Å². The molecule has 1 aliphatic rings. The molecule has 1 unspecified atom stereocenters. The van der Waals surface area contributed by atoms with Crippen LogP contribution in [-0.2, 0) is 12.8 Å². The summed E-state index contributed by atoms with van der Waals surface area (Å²) in [7, 11) is 1.61. The van der Waals surface area contributed by atoms with Gasteiger partial charge in [0.05, 0.1) is 23.9 Å². The van der Waals surface area contributed by atoms with Gasteiger partial charge < -0.3 is 4.74 Å². The highest BCUT2D eigenvalue weighted by molar-refractivity contribution is 7.99. The molecule has 7 heteroatoms. The first-order chi connectivity index (χ1) is 16.0. The van der Waals surface area contributed by atoms with Gasteiger partial charge in [-0.05, 0) is 55.0 Å². The normalized spacial score (nSPS) is 15.4. The van der Waals surface area contributed by atoms with Crippen molar-refractivity contribution in [3.8, 4) is 11.4 Å². The van der Waals surface area contributed by atoms with Crippen LogP contribution in [0.3, 0.4) is 0 Å². The number of ether oxygens (including phenoxy) is 1. The minimum absolute atomic E-state index is 0.00975. The van der Waals surface area contributed by atoms with Crippen molar-refractivity contribution in [2.75, 3.05) is 12.9 Å². The number of benzene rings is 2. The Morgan fingerprint density at radius 3 is 2.67 bits per heavy atom. The molecule has 0 bridgehead atoms. The lowest BCUT2D eigenvalue weighted by atomic mass is 9.89. The number of methoxy groups -OCH3 is 1. The SMILES string of the molecule is COc1ccc(-n2c(SCC(=O)c3ccccc3)nc3sc4c(c3c2=O)CCC(C)C4)cc1. The van der Waals surface area contributed by atoms with E-state index in [1.807, 2.05) is 54.6 Å². The fraction of sp³-hybridized carbons (Fsp3) is 0.269. The Balaban J connectivity index is 1.61. The van der Waals surface area contributed by atoms with Gasteiger partial charge >= 0.3 is 0 Å². The highest BCUT2D eigenvalue weighted by atomic mass is 32.2. The first kappa shape index (κ1) is 21.9. The van der Waals surface area contributed by atoms with E-state index in [1.54, 1.807) is 23.0 Å². The molecule has 33 heavy (non-hydrogen) atoms. The molecule has 0 saturated heterocycles. The maximum Gasteiger partial charge on any atom is 0.267 e. The van der Waals surface area contributed by atoms with E-state index in [9.17, 15) is 9.59 Å². The fourth-order valence-electron chi connectivity index (χ4n) is 4.26. The average molecular weight is 477 g/mol. The Kier molecular flexibility index (Phi) is 6.08. The lowest BCUT2D eigenvalue weighted by Gasteiger charge is -2.18. The molecule has 0 radical (unpaired) electrons. The van der Waals surface area contributed by atoms with Crippen LogP contribution in [0.25, 0.3) is 15.9 Å². The Morgan fingerprint density at radius 1 is 1.18 bits per heavy atom. The van der Waals surface area contributed by atoms with Crippen molar-refractivity contribution in [3.05, 3.63) is 81.0 Å². The van der Waals surface area contributed by atoms with Crippen LogP contribution in [-0.4, -0.2) is 28.2 Å². The number of ketones is 1. The number of aryl methyl sites for hydroxylation is 1. The third-order valence-corrected chi connectivity index (χ3v) is 8.14. The predicted molar refractivity (Wildman–Crippen MR) is 134 cm³/mol.